The second kappa shape index (κ2) is 4.52. The Morgan fingerprint density at radius 2 is 1.94 bits per heavy atom. The molecule has 96 valence electrons. The lowest BCUT2D eigenvalue weighted by atomic mass is 9.83. The minimum absolute atomic E-state index is 0.0531. The number of nitrogens with zero attached hydrogens (tertiary/aromatic N) is 1. The molecule has 1 heterocycles. The fourth-order valence-corrected chi connectivity index (χ4v) is 2.04. The summed E-state index contributed by atoms with van der Waals surface area (Å²) in [4.78, 5) is 16.1. The van der Waals surface area contributed by atoms with Crippen LogP contribution in [0.1, 0.15) is 32.8 Å². The molecule has 0 radical (unpaired) electrons. The number of rotatable bonds is 3. The van der Waals surface area contributed by atoms with Crippen molar-refractivity contribution in [2.45, 2.75) is 38.6 Å². The number of nitrogens with one attached hydrogen (secondary N) is 1. The van der Waals surface area contributed by atoms with Crippen LogP contribution in [-0.4, -0.2) is 17.8 Å². The van der Waals surface area contributed by atoms with E-state index in [2.05, 4.69) is 10.3 Å². The van der Waals surface area contributed by atoms with Gasteiger partial charge in [0.15, 0.2) is 0 Å². The highest BCUT2D eigenvalue weighted by molar-refractivity contribution is 6.09. The molecule has 2 rings (SSSR count). The summed E-state index contributed by atoms with van der Waals surface area (Å²) in [6, 6.07) is 6.00. The van der Waals surface area contributed by atoms with E-state index in [9.17, 15) is 9.18 Å². The SMILES string of the molecule is CCC1N=C(C(C)(C)c2ccc(F)cc2)NC1=O. The summed E-state index contributed by atoms with van der Waals surface area (Å²) in [5.41, 5.74) is 0.507. The van der Waals surface area contributed by atoms with Gasteiger partial charge in [0, 0.05) is 5.41 Å². The summed E-state index contributed by atoms with van der Waals surface area (Å²) in [6.45, 7) is 5.87. The van der Waals surface area contributed by atoms with Gasteiger partial charge in [-0.1, -0.05) is 19.1 Å². The van der Waals surface area contributed by atoms with Crippen molar-refractivity contribution >= 4 is 11.7 Å². The first kappa shape index (κ1) is 12.7. The van der Waals surface area contributed by atoms with Gasteiger partial charge in [-0.2, -0.15) is 0 Å². The number of halogens is 1. The Morgan fingerprint density at radius 1 is 1.33 bits per heavy atom. The van der Waals surface area contributed by atoms with Gasteiger partial charge in [-0.3, -0.25) is 9.79 Å². The van der Waals surface area contributed by atoms with Gasteiger partial charge >= 0.3 is 0 Å². The number of amidine groups is 1. The van der Waals surface area contributed by atoms with Crippen molar-refractivity contribution in [2.75, 3.05) is 0 Å². The number of benzene rings is 1. The number of hydrogen-bond donors (Lipinski definition) is 1. The van der Waals surface area contributed by atoms with E-state index in [0.717, 1.165) is 5.56 Å². The third kappa shape index (κ3) is 2.15. The Labute approximate surface area is 106 Å². The van der Waals surface area contributed by atoms with Crippen molar-refractivity contribution in [3.05, 3.63) is 35.6 Å². The second-order valence-corrected chi connectivity index (χ2v) is 5.02. The van der Waals surface area contributed by atoms with Crippen molar-refractivity contribution in [3.63, 3.8) is 0 Å². The number of amides is 1. The van der Waals surface area contributed by atoms with Crippen LogP contribution >= 0.6 is 0 Å². The van der Waals surface area contributed by atoms with Gasteiger partial charge in [-0.15, -0.1) is 0 Å². The topological polar surface area (TPSA) is 41.5 Å². The van der Waals surface area contributed by atoms with E-state index in [-0.39, 0.29) is 17.8 Å². The van der Waals surface area contributed by atoms with Crippen molar-refractivity contribution in [1.82, 2.24) is 5.32 Å². The van der Waals surface area contributed by atoms with Gasteiger partial charge in [-0.05, 0) is 38.0 Å². The van der Waals surface area contributed by atoms with Gasteiger partial charge in [0.2, 0.25) is 5.91 Å². The highest BCUT2D eigenvalue weighted by atomic mass is 19.1. The average molecular weight is 248 g/mol. The highest BCUT2D eigenvalue weighted by Gasteiger charge is 2.35. The summed E-state index contributed by atoms with van der Waals surface area (Å²) in [6.07, 6.45) is 0.689. The first-order chi connectivity index (χ1) is 8.45. The maximum atomic E-state index is 12.9. The molecule has 0 bridgehead atoms. The molecule has 1 atom stereocenters. The number of carbonyl (C=O) groups excluding carboxylic acids is 1. The fraction of sp³-hybridized carbons (Fsp3) is 0.429. The molecular weight excluding hydrogens is 231 g/mol. The molecule has 1 aromatic rings. The Bertz CT molecular complexity index is 491. The molecule has 0 aromatic heterocycles. The first-order valence-electron chi connectivity index (χ1n) is 6.10. The van der Waals surface area contributed by atoms with Crippen LogP contribution in [0.4, 0.5) is 4.39 Å². The minimum atomic E-state index is -0.423. The molecule has 1 unspecified atom stereocenters. The minimum Gasteiger partial charge on any atom is -0.312 e. The lowest BCUT2D eigenvalue weighted by molar-refractivity contribution is -0.120. The normalized spacial score (nSPS) is 19.7. The Hall–Kier alpha value is -1.71. The zero-order chi connectivity index (χ0) is 13.3. The molecule has 1 amide bonds. The monoisotopic (exact) mass is 248 g/mol. The quantitative estimate of drug-likeness (QED) is 0.876. The van der Waals surface area contributed by atoms with E-state index in [1.54, 1.807) is 12.1 Å². The average Bonchev–Trinajstić information content (AvgIpc) is 2.72. The van der Waals surface area contributed by atoms with Crippen molar-refractivity contribution in [2.24, 2.45) is 4.99 Å². The third-order valence-electron chi connectivity index (χ3n) is 3.37. The molecule has 1 aliphatic rings. The van der Waals surface area contributed by atoms with Crippen LogP contribution in [0.5, 0.6) is 0 Å². The number of carbonyl (C=O) groups is 1. The van der Waals surface area contributed by atoms with Crippen LogP contribution in [0.2, 0.25) is 0 Å². The highest BCUT2D eigenvalue weighted by Crippen LogP contribution is 2.27. The van der Waals surface area contributed by atoms with Crippen molar-refractivity contribution in [1.29, 1.82) is 0 Å². The molecule has 0 aliphatic carbocycles. The fourth-order valence-electron chi connectivity index (χ4n) is 2.04. The number of aliphatic imine (C=N–C) groups is 1. The predicted octanol–water partition coefficient (Wildman–Crippen LogP) is 2.41. The van der Waals surface area contributed by atoms with Gasteiger partial charge in [0.25, 0.3) is 0 Å². The zero-order valence-electron chi connectivity index (χ0n) is 10.8. The summed E-state index contributed by atoms with van der Waals surface area (Å²) < 4.78 is 12.9. The molecule has 18 heavy (non-hydrogen) atoms. The molecule has 1 aromatic carbocycles. The predicted molar refractivity (Wildman–Crippen MR) is 69.1 cm³/mol. The molecule has 0 spiro atoms. The van der Waals surface area contributed by atoms with E-state index in [1.807, 2.05) is 20.8 Å². The standard InChI is InChI=1S/C14H17FN2O/c1-4-11-12(18)17-13(16-11)14(2,3)9-5-7-10(15)8-6-9/h5-8,11H,4H2,1-3H3,(H,16,17,18). The molecule has 0 saturated heterocycles. The van der Waals surface area contributed by atoms with Crippen LogP contribution in [0.15, 0.2) is 29.3 Å². The Kier molecular flexibility index (Phi) is 3.20. The van der Waals surface area contributed by atoms with Crippen LogP contribution < -0.4 is 5.32 Å². The maximum absolute atomic E-state index is 12.9. The molecular formula is C14H17FN2O. The van der Waals surface area contributed by atoms with Gasteiger partial charge in [-0.25, -0.2) is 4.39 Å². The van der Waals surface area contributed by atoms with Crippen LogP contribution in [-0.2, 0) is 10.2 Å². The summed E-state index contributed by atoms with van der Waals surface area (Å²) in [7, 11) is 0. The molecule has 4 heteroatoms. The Morgan fingerprint density at radius 3 is 2.44 bits per heavy atom. The van der Waals surface area contributed by atoms with E-state index < -0.39 is 5.41 Å². The zero-order valence-corrected chi connectivity index (χ0v) is 10.8. The molecule has 3 nitrogen and oxygen atoms in total. The lowest BCUT2D eigenvalue weighted by Crippen LogP contribution is -2.40. The van der Waals surface area contributed by atoms with E-state index in [1.165, 1.54) is 12.1 Å². The van der Waals surface area contributed by atoms with Gasteiger partial charge in [0.1, 0.15) is 17.7 Å². The smallest absolute Gasteiger partial charge is 0.250 e. The van der Waals surface area contributed by atoms with Gasteiger partial charge < -0.3 is 5.32 Å². The number of hydrogen-bond acceptors (Lipinski definition) is 2. The molecule has 0 saturated carbocycles. The molecule has 0 fully saturated rings. The summed E-state index contributed by atoms with van der Waals surface area (Å²) >= 11 is 0. The molecule has 1 N–H and O–H groups in total. The van der Waals surface area contributed by atoms with Crippen molar-refractivity contribution < 1.29 is 9.18 Å². The Balaban J connectivity index is 2.32. The summed E-state index contributed by atoms with van der Waals surface area (Å²) in [5, 5.41) is 2.83. The third-order valence-corrected chi connectivity index (χ3v) is 3.37. The molecule has 1 aliphatic heterocycles. The van der Waals surface area contributed by atoms with Gasteiger partial charge in [0.05, 0.1) is 0 Å². The van der Waals surface area contributed by atoms with Crippen LogP contribution in [0.3, 0.4) is 0 Å². The maximum Gasteiger partial charge on any atom is 0.250 e. The largest absolute Gasteiger partial charge is 0.312 e. The van der Waals surface area contributed by atoms with Crippen molar-refractivity contribution in [3.8, 4) is 0 Å². The first-order valence-corrected chi connectivity index (χ1v) is 6.10. The van der Waals surface area contributed by atoms with E-state index in [0.29, 0.717) is 12.3 Å². The van der Waals surface area contributed by atoms with Crippen LogP contribution in [0.25, 0.3) is 0 Å². The lowest BCUT2D eigenvalue weighted by Gasteiger charge is -2.25. The summed E-state index contributed by atoms with van der Waals surface area (Å²) in [5.74, 6) is 0.340. The van der Waals surface area contributed by atoms with E-state index in [4.69, 9.17) is 0 Å². The second-order valence-electron chi connectivity index (χ2n) is 5.02. The van der Waals surface area contributed by atoms with E-state index >= 15 is 0 Å². The van der Waals surface area contributed by atoms with Crippen LogP contribution in [0, 0.1) is 5.82 Å².